The highest BCUT2D eigenvalue weighted by atomic mass is 16.5. The lowest BCUT2D eigenvalue weighted by Gasteiger charge is -2.29. The Kier molecular flexibility index (Phi) is 8.26. The summed E-state index contributed by atoms with van der Waals surface area (Å²) in [6, 6.07) is 7.49. The fraction of sp³-hybridized carbons (Fsp3) is 0.429. The molecule has 142 valence electrons. The van der Waals surface area contributed by atoms with Crippen molar-refractivity contribution >= 4 is 11.8 Å². The minimum absolute atomic E-state index is 0.0290. The van der Waals surface area contributed by atoms with Gasteiger partial charge in [0.1, 0.15) is 16.9 Å². The first-order valence-electron chi connectivity index (χ1n) is 8.63. The van der Waals surface area contributed by atoms with E-state index in [1.807, 2.05) is 31.2 Å². The van der Waals surface area contributed by atoms with E-state index in [2.05, 4.69) is 6.58 Å². The topological polar surface area (TPSA) is 61.8 Å². The minimum Gasteiger partial charge on any atom is -0.497 e. The number of benzene rings is 1. The highest BCUT2D eigenvalue weighted by Crippen LogP contribution is 2.28. The minimum atomic E-state index is -0.970. The summed E-state index contributed by atoms with van der Waals surface area (Å²) in [5, 5.41) is 0. The molecule has 0 bridgehead atoms. The Morgan fingerprint density at radius 3 is 2.27 bits per heavy atom. The van der Waals surface area contributed by atoms with Gasteiger partial charge in [-0.05, 0) is 56.5 Å². The number of ether oxygens (including phenoxy) is 3. The zero-order valence-electron chi connectivity index (χ0n) is 16.3. The van der Waals surface area contributed by atoms with Crippen molar-refractivity contribution in [3.63, 3.8) is 0 Å². The number of Topliss-reactive ketones (excluding diaryl/α,β-unsaturated/α-hetero) is 1. The molecule has 0 saturated carbocycles. The Bertz CT molecular complexity index is 672. The number of carbonyl (C=O) groups excluding carboxylic acids is 2. The number of esters is 1. The summed E-state index contributed by atoms with van der Waals surface area (Å²) < 4.78 is 16.2. The Morgan fingerprint density at radius 1 is 1.19 bits per heavy atom. The van der Waals surface area contributed by atoms with Gasteiger partial charge < -0.3 is 14.2 Å². The van der Waals surface area contributed by atoms with E-state index in [0.29, 0.717) is 13.0 Å². The molecule has 1 atom stereocenters. The van der Waals surface area contributed by atoms with Crippen LogP contribution >= 0.6 is 0 Å². The molecule has 0 N–H and O–H groups in total. The van der Waals surface area contributed by atoms with E-state index in [1.165, 1.54) is 13.0 Å². The van der Waals surface area contributed by atoms with Crippen LogP contribution in [0.3, 0.4) is 0 Å². The summed E-state index contributed by atoms with van der Waals surface area (Å²) in [4.78, 5) is 24.0. The molecule has 0 unspecified atom stereocenters. The Labute approximate surface area is 155 Å². The number of methoxy groups -OCH3 is 1. The van der Waals surface area contributed by atoms with E-state index in [-0.39, 0.29) is 18.0 Å². The maximum atomic E-state index is 12.1. The lowest BCUT2D eigenvalue weighted by atomic mass is 9.91. The second kappa shape index (κ2) is 9.92. The molecule has 1 rings (SSSR count). The second-order valence-corrected chi connectivity index (χ2v) is 6.04. The molecule has 0 aromatic heterocycles. The lowest BCUT2D eigenvalue weighted by Crippen LogP contribution is -2.31. The highest BCUT2D eigenvalue weighted by molar-refractivity contribution is 6.16. The molecular formula is C21H28O5. The van der Waals surface area contributed by atoms with Gasteiger partial charge in [0.15, 0.2) is 5.78 Å². The number of hydrogen-bond acceptors (Lipinski definition) is 5. The molecule has 1 aromatic rings. The summed E-state index contributed by atoms with van der Waals surface area (Å²) in [5.74, 6) is -0.259. The molecule has 0 saturated heterocycles. The maximum Gasteiger partial charge on any atom is 0.341 e. The molecule has 0 radical (unpaired) electrons. The normalized spacial score (nSPS) is 13.7. The van der Waals surface area contributed by atoms with Crippen molar-refractivity contribution in [2.24, 2.45) is 0 Å². The third-order valence-electron chi connectivity index (χ3n) is 4.12. The molecule has 0 aliphatic rings. The van der Waals surface area contributed by atoms with Crippen molar-refractivity contribution in [3.8, 4) is 5.75 Å². The number of hydrogen-bond donors (Lipinski definition) is 0. The fourth-order valence-electron chi connectivity index (χ4n) is 2.34. The molecule has 0 aliphatic heterocycles. The molecule has 0 aliphatic carbocycles. The first-order valence-corrected chi connectivity index (χ1v) is 8.63. The van der Waals surface area contributed by atoms with Gasteiger partial charge in [-0.25, -0.2) is 4.79 Å². The van der Waals surface area contributed by atoms with Gasteiger partial charge in [-0.15, -0.1) is 0 Å². The third-order valence-corrected chi connectivity index (χ3v) is 4.12. The SMILES string of the molecule is C=C(CC)[C@](C)(/C=C(/C(C)=O)C(=O)OCC)OCc1ccc(OC)cc1. The van der Waals surface area contributed by atoms with E-state index in [0.717, 1.165) is 16.9 Å². The molecule has 1 aromatic carbocycles. The van der Waals surface area contributed by atoms with Gasteiger partial charge in [0.05, 0.1) is 20.3 Å². The van der Waals surface area contributed by atoms with Gasteiger partial charge in [-0.2, -0.15) is 0 Å². The van der Waals surface area contributed by atoms with E-state index in [4.69, 9.17) is 14.2 Å². The predicted molar refractivity (Wildman–Crippen MR) is 101 cm³/mol. The van der Waals surface area contributed by atoms with E-state index in [1.54, 1.807) is 21.0 Å². The Balaban J connectivity index is 3.11. The van der Waals surface area contributed by atoms with Crippen molar-refractivity contribution in [3.05, 3.63) is 53.6 Å². The Hall–Kier alpha value is -2.40. The van der Waals surface area contributed by atoms with Gasteiger partial charge in [0.2, 0.25) is 0 Å². The zero-order valence-corrected chi connectivity index (χ0v) is 16.3. The van der Waals surface area contributed by atoms with E-state index < -0.39 is 11.6 Å². The van der Waals surface area contributed by atoms with Crippen LogP contribution in [0.15, 0.2) is 48.1 Å². The van der Waals surface area contributed by atoms with Gasteiger partial charge in [-0.3, -0.25) is 4.79 Å². The van der Waals surface area contributed by atoms with Crippen LogP contribution in [0.25, 0.3) is 0 Å². The zero-order chi connectivity index (χ0) is 19.7. The smallest absolute Gasteiger partial charge is 0.341 e. The van der Waals surface area contributed by atoms with Crippen LogP contribution in [0.1, 0.15) is 39.7 Å². The second-order valence-electron chi connectivity index (χ2n) is 6.04. The van der Waals surface area contributed by atoms with Gasteiger partial charge in [0, 0.05) is 0 Å². The molecule has 26 heavy (non-hydrogen) atoms. The van der Waals surface area contributed by atoms with E-state index >= 15 is 0 Å². The van der Waals surface area contributed by atoms with Crippen LogP contribution in [0.2, 0.25) is 0 Å². The number of ketones is 1. The first kappa shape index (κ1) is 21.6. The highest BCUT2D eigenvalue weighted by Gasteiger charge is 2.29. The summed E-state index contributed by atoms with van der Waals surface area (Å²) >= 11 is 0. The molecule has 5 heteroatoms. The van der Waals surface area contributed by atoms with Gasteiger partial charge in [-0.1, -0.05) is 25.6 Å². The van der Waals surface area contributed by atoms with Crippen LogP contribution in [0.5, 0.6) is 5.75 Å². The first-order chi connectivity index (χ1) is 12.3. The predicted octanol–water partition coefficient (Wildman–Crippen LogP) is 4.02. The fourth-order valence-corrected chi connectivity index (χ4v) is 2.34. The van der Waals surface area contributed by atoms with E-state index in [9.17, 15) is 9.59 Å². The molecule has 0 amide bonds. The monoisotopic (exact) mass is 360 g/mol. The van der Waals surface area contributed by atoms with Crippen molar-refractivity contribution in [1.29, 1.82) is 0 Å². The summed E-state index contributed by atoms with van der Waals surface area (Å²) in [6.07, 6.45) is 2.16. The lowest BCUT2D eigenvalue weighted by molar-refractivity contribution is -0.140. The standard InChI is InChI=1S/C21H28O5/c1-7-15(3)21(5,13-19(16(4)22)20(23)25-8-2)26-14-17-9-11-18(24-6)12-10-17/h9-13H,3,7-8,14H2,1-2,4-6H3/b19-13-/t21-/m0/s1. The molecule has 0 heterocycles. The van der Waals surface area contributed by atoms with Crippen molar-refractivity contribution in [2.75, 3.05) is 13.7 Å². The van der Waals surface area contributed by atoms with Gasteiger partial charge >= 0.3 is 5.97 Å². The van der Waals surface area contributed by atoms with Crippen molar-refractivity contribution in [1.82, 2.24) is 0 Å². The summed E-state index contributed by atoms with van der Waals surface area (Å²) in [5.41, 5.74) is 0.699. The maximum absolute atomic E-state index is 12.1. The molecular weight excluding hydrogens is 332 g/mol. The largest absolute Gasteiger partial charge is 0.497 e. The number of rotatable bonds is 10. The van der Waals surface area contributed by atoms with Gasteiger partial charge in [0.25, 0.3) is 0 Å². The molecule has 0 spiro atoms. The summed E-state index contributed by atoms with van der Waals surface area (Å²) in [6.45, 7) is 11.3. The molecule has 5 nitrogen and oxygen atoms in total. The average molecular weight is 360 g/mol. The van der Waals surface area contributed by atoms with Crippen LogP contribution in [0, 0.1) is 0 Å². The summed E-state index contributed by atoms with van der Waals surface area (Å²) in [7, 11) is 1.61. The van der Waals surface area contributed by atoms with Crippen molar-refractivity contribution in [2.45, 2.75) is 46.3 Å². The van der Waals surface area contributed by atoms with Crippen LogP contribution < -0.4 is 4.74 Å². The molecule has 0 fully saturated rings. The Morgan fingerprint density at radius 2 is 1.81 bits per heavy atom. The van der Waals surface area contributed by atoms with Crippen LogP contribution in [-0.2, 0) is 25.7 Å². The van der Waals surface area contributed by atoms with Crippen molar-refractivity contribution < 1.29 is 23.8 Å². The average Bonchev–Trinajstić information content (AvgIpc) is 2.64. The third kappa shape index (κ3) is 5.85. The van der Waals surface area contributed by atoms with Crippen LogP contribution in [0.4, 0.5) is 0 Å². The quantitative estimate of drug-likeness (QED) is 0.207. The van der Waals surface area contributed by atoms with Crippen LogP contribution in [-0.4, -0.2) is 31.1 Å². The number of carbonyl (C=O) groups is 2.